The van der Waals surface area contributed by atoms with Crippen LogP contribution in [0.1, 0.15) is 17.1 Å². The van der Waals surface area contributed by atoms with E-state index in [-0.39, 0.29) is 5.56 Å². The van der Waals surface area contributed by atoms with E-state index in [1.165, 1.54) is 17.2 Å². The molecule has 0 unspecified atom stereocenters. The van der Waals surface area contributed by atoms with E-state index in [0.717, 1.165) is 11.4 Å². The third kappa shape index (κ3) is 2.58. The number of hydrogen-bond donors (Lipinski definition) is 0. The van der Waals surface area contributed by atoms with Gasteiger partial charge in [-0.3, -0.25) is 9.36 Å². The molecule has 17 heavy (non-hydrogen) atoms. The lowest BCUT2D eigenvalue weighted by Crippen LogP contribution is -2.23. The summed E-state index contributed by atoms with van der Waals surface area (Å²) in [5.74, 6) is 0. The Morgan fingerprint density at radius 1 is 1.29 bits per heavy atom. The predicted molar refractivity (Wildman–Crippen MR) is 66.8 cm³/mol. The SMILES string of the molecule is Cc1cc(Cn2cnc(C)c(Br)c2=O)ncn1. The van der Waals surface area contributed by atoms with Crippen LogP contribution in [-0.2, 0) is 6.54 Å². The summed E-state index contributed by atoms with van der Waals surface area (Å²) in [5, 5.41) is 0. The standard InChI is InChI=1S/C11H11BrN4O/c1-7-3-9(14-5-13-7)4-16-6-15-8(2)10(12)11(16)17/h3,5-6H,4H2,1-2H3. The molecule has 0 saturated heterocycles. The van der Waals surface area contributed by atoms with Gasteiger partial charge in [-0.15, -0.1) is 0 Å². The molecule has 0 amide bonds. The van der Waals surface area contributed by atoms with Crippen LogP contribution in [0.5, 0.6) is 0 Å². The lowest BCUT2D eigenvalue weighted by atomic mass is 10.3. The van der Waals surface area contributed by atoms with Crippen LogP contribution in [0.4, 0.5) is 0 Å². The quantitative estimate of drug-likeness (QED) is 0.841. The molecule has 2 heterocycles. The van der Waals surface area contributed by atoms with E-state index >= 15 is 0 Å². The van der Waals surface area contributed by atoms with Crippen molar-refractivity contribution >= 4 is 15.9 Å². The molecule has 5 nitrogen and oxygen atoms in total. The van der Waals surface area contributed by atoms with Crippen molar-refractivity contribution in [3.05, 3.63) is 50.6 Å². The molecule has 2 rings (SSSR count). The van der Waals surface area contributed by atoms with Crippen LogP contribution in [0.3, 0.4) is 0 Å². The zero-order valence-corrected chi connectivity index (χ0v) is 11.1. The van der Waals surface area contributed by atoms with Crippen LogP contribution in [0, 0.1) is 13.8 Å². The van der Waals surface area contributed by atoms with Gasteiger partial charge >= 0.3 is 0 Å². The Hall–Kier alpha value is -1.56. The smallest absolute Gasteiger partial charge is 0.268 e. The molecule has 0 aliphatic carbocycles. The molecule has 0 aromatic carbocycles. The van der Waals surface area contributed by atoms with Crippen LogP contribution in [-0.4, -0.2) is 19.5 Å². The van der Waals surface area contributed by atoms with E-state index in [9.17, 15) is 4.79 Å². The molecule has 2 aromatic rings. The maximum absolute atomic E-state index is 11.9. The lowest BCUT2D eigenvalue weighted by molar-refractivity contribution is 0.705. The molecule has 0 atom stereocenters. The first-order valence-electron chi connectivity index (χ1n) is 5.07. The summed E-state index contributed by atoms with van der Waals surface area (Å²) in [5.41, 5.74) is 2.25. The fraction of sp³-hybridized carbons (Fsp3) is 0.273. The van der Waals surface area contributed by atoms with Gasteiger partial charge in [0.1, 0.15) is 10.8 Å². The maximum Gasteiger partial charge on any atom is 0.268 e. The molecule has 6 heteroatoms. The van der Waals surface area contributed by atoms with Crippen LogP contribution >= 0.6 is 15.9 Å². The molecule has 0 aliphatic heterocycles. The van der Waals surface area contributed by atoms with E-state index < -0.39 is 0 Å². The van der Waals surface area contributed by atoms with Gasteiger partial charge in [-0.05, 0) is 35.8 Å². The predicted octanol–water partition coefficient (Wildman–Crippen LogP) is 1.46. The van der Waals surface area contributed by atoms with E-state index in [1.807, 2.05) is 13.0 Å². The third-order valence-electron chi connectivity index (χ3n) is 2.35. The highest BCUT2D eigenvalue weighted by molar-refractivity contribution is 9.10. The van der Waals surface area contributed by atoms with Crippen molar-refractivity contribution in [1.82, 2.24) is 19.5 Å². The highest BCUT2D eigenvalue weighted by Gasteiger charge is 2.06. The molecular formula is C11H11BrN4O. The van der Waals surface area contributed by atoms with Crippen molar-refractivity contribution in [2.45, 2.75) is 20.4 Å². The normalized spacial score (nSPS) is 10.5. The van der Waals surface area contributed by atoms with E-state index in [2.05, 4.69) is 30.9 Å². The third-order valence-corrected chi connectivity index (χ3v) is 3.26. The van der Waals surface area contributed by atoms with Gasteiger partial charge in [0, 0.05) is 5.69 Å². The Morgan fingerprint density at radius 2 is 2.06 bits per heavy atom. The summed E-state index contributed by atoms with van der Waals surface area (Å²) in [6.45, 7) is 4.07. The van der Waals surface area contributed by atoms with Crippen molar-refractivity contribution in [3.8, 4) is 0 Å². The average Bonchev–Trinajstić information content (AvgIpc) is 2.30. The first-order valence-corrected chi connectivity index (χ1v) is 5.86. The van der Waals surface area contributed by atoms with Crippen molar-refractivity contribution in [2.75, 3.05) is 0 Å². The Morgan fingerprint density at radius 3 is 2.76 bits per heavy atom. The minimum Gasteiger partial charge on any atom is -0.292 e. The zero-order valence-electron chi connectivity index (χ0n) is 9.51. The number of hydrogen-bond acceptors (Lipinski definition) is 4. The first-order chi connectivity index (χ1) is 8.08. The molecule has 88 valence electrons. The van der Waals surface area contributed by atoms with Crippen LogP contribution in [0.15, 0.2) is 28.0 Å². The van der Waals surface area contributed by atoms with Crippen molar-refractivity contribution < 1.29 is 0 Å². The fourth-order valence-corrected chi connectivity index (χ4v) is 1.76. The molecule has 2 aromatic heterocycles. The summed E-state index contributed by atoms with van der Waals surface area (Å²) in [6.07, 6.45) is 3.02. The zero-order chi connectivity index (χ0) is 12.4. The molecule has 0 spiro atoms. The van der Waals surface area contributed by atoms with Crippen molar-refractivity contribution in [2.24, 2.45) is 0 Å². The topological polar surface area (TPSA) is 60.7 Å². The van der Waals surface area contributed by atoms with Gasteiger partial charge in [0.05, 0.1) is 24.3 Å². The number of nitrogens with zero attached hydrogens (tertiary/aromatic N) is 4. The van der Waals surface area contributed by atoms with E-state index in [1.54, 1.807) is 6.92 Å². The van der Waals surface area contributed by atoms with E-state index in [0.29, 0.717) is 16.7 Å². The highest BCUT2D eigenvalue weighted by atomic mass is 79.9. The van der Waals surface area contributed by atoms with Crippen LogP contribution in [0.2, 0.25) is 0 Å². The van der Waals surface area contributed by atoms with Gasteiger partial charge in [0.2, 0.25) is 0 Å². The van der Waals surface area contributed by atoms with Gasteiger partial charge < -0.3 is 0 Å². The second-order valence-electron chi connectivity index (χ2n) is 3.73. The first kappa shape index (κ1) is 11.9. The van der Waals surface area contributed by atoms with Crippen molar-refractivity contribution in [3.63, 3.8) is 0 Å². The average molecular weight is 295 g/mol. The molecular weight excluding hydrogens is 284 g/mol. The Balaban J connectivity index is 2.37. The summed E-state index contributed by atoms with van der Waals surface area (Å²) in [7, 11) is 0. The summed E-state index contributed by atoms with van der Waals surface area (Å²) in [6, 6.07) is 1.85. The monoisotopic (exact) mass is 294 g/mol. The number of aryl methyl sites for hydroxylation is 2. The van der Waals surface area contributed by atoms with Gasteiger partial charge in [-0.1, -0.05) is 0 Å². The van der Waals surface area contributed by atoms with Gasteiger partial charge in [0.25, 0.3) is 5.56 Å². The lowest BCUT2D eigenvalue weighted by Gasteiger charge is -2.06. The van der Waals surface area contributed by atoms with Gasteiger partial charge in [-0.25, -0.2) is 15.0 Å². The van der Waals surface area contributed by atoms with Gasteiger partial charge in [-0.2, -0.15) is 0 Å². The molecule has 0 fully saturated rings. The Kier molecular flexibility index (Phi) is 3.33. The minimum atomic E-state index is -0.103. The molecule has 0 radical (unpaired) electrons. The number of rotatable bonds is 2. The Labute approximate surface area is 107 Å². The Bertz CT molecular complexity index is 609. The summed E-state index contributed by atoms with van der Waals surface area (Å²) < 4.78 is 2.00. The van der Waals surface area contributed by atoms with Crippen LogP contribution < -0.4 is 5.56 Å². The fourth-order valence-electron chi connectivity index (χ4n) is 1.43. The number of halogens is 1. The van der Waals surface area contributed by atoms with Gasteiger partial charge in [0.15, 0.2) is 0 Å². The maximum atomic E-state index is 11.9. The summed E-state index contributed by atoms with van der Waals surface area (Å²) >= 11 is 3.23. The number of aromatic nitrogens is 4. The van der Waals surface area contributed by atoms with Crippen molar-refractivity contribution in [1.29, 1.82) is 0 Å². The molecule has 0 N–H and O–H groups in total. The molecule has 0 aliphatic rings. The molecule has 0 bridgehead atoms. The van der Waals surface area contributed by atoms with Crippen LogP contribution in [0.25, 0.3) is 0 Å². The second kappa shape index (κ2) is 4.75. The minimum absolute atomic E-state index is 0.103. The highest BCUT2D eigenvalue weighted by Crippen LogP contribution is 2.07. The summed E-state index contributed by atoms with van der Waals surface area (Å²) in [4.78, 5) is 24.2. The second-order valence-corrected chi connectivity index (χ2v) is 4.52. The van der Waals surface area contributed by atoms with E-state index in [4.69, 9.17) is 0 Å². The largest absolute Gasteiger partial charge is 0.292 e. The molecule has 0 saturated carbocycles.